The fourth-order valence-electron chi connectivity index (χ4n) is 1.63. The summed E-state index contributed by atoms with van der Waals surface area (Å²) in [5.41, 5.74) is 3.51. The fourth-order valence-corrected chi connectivity index (χ4v) is 1.63. The molecule has 0 heterocycles. The van der Waals surface area contributed by atoms with E-state index in [0.29, 0.717) is 17.2 Å². The molecule has 3 aromatic rings. The van der Waals surface area contributed by atoms with E-state index in [-0.39, 0.29) is 0 Å². The van der Waals surface area contributed by atoms with Crippen LogP contribution in [0.2, 0.25) is 0 Å². The van der Waals surface area contributed by atoms with Crippen molar-refractivity contribution in [3.05, 3.63) is 89.5 Å². The molecule has 0 atom stereocenters. The third kappa shape index (κ3) is 19.8. The van der Waals surface area contributed by atoms with Crippen LogP contribution >= 0.6 is 40.4 Å². The number of aryl methyl sites for hydroxylation is 3. The summed E-state index contributed by atoms with van der Waals surface area (Å²) in [5, 5.41) is 26.3. The lowest BCUT2D eigenvalue weighted by atomic mass is 10.2. The van der Waals surface area contributed by atoms with Crippen molar-refractivity contribution < 1.29 is 15.3 Å². The van der Waals surface area contributed by atoms with Crippen LogP contribution in [-0.2, 0) is 11.8 Å². The molecule has 0 unspecified atom stereocenters. The summed E-state index contributed by atoms with van der Waals surface area (Å²) in [7, 11) is 0. The first kappa shape index (κ1) is 27.8. The second-order valence-electron chi connectivity index (χ2n) is 6.02. The minimum Gasteiger partial charge on any atom is -0.508 e. The summed E-state index contributed by atoms with van der Waals surface area (Å²) in [6.45, 7) is 5.96. The number of phenolic OH excluding ortho intramolecular Hbond substituents is 3. The van der Waals surface area contributed by atoms with Crippen LogP contribution in [0.4, 0.5) is 0 Å². The van der Waals surface area contributed by atoms with Crippen molar-refractivity contribution in [2.75, 3.05) is 0 Å². The second-order valence-corrected chi connectivity index (χ2v) is 19.4. The summed E-state index contributed by atoms with van der Waals surface area (Å²) in [5.74, 6) is 0.988. The van der Waals surface area contributed by atoms with Gasteiger partial charge in [-0.3, -0.25) is 0 Å². The van der Waals surface area contributed by atoms with Crippen molar-refractivity contribution in [1.82, 2.24) is 0 Å². The van der Waals surface area contributed by atoms with Crippen LogP contribution in [0.25, 0.3) is 0 Å². The molecule has 3 nitrogen and oxygen atoms in total. The molecule has 0 radical (unpaired) electrons. The lowest BCUT2D eigenvalue weighted by Crippen LogP contribution is -1.66. The van der Waals surface area contributed by atoms with E-state index in [9.17, 15) is 0 Å². The fraction of sp³-hybridized carbons (Fsp3) is 0.143. The van der Waals surface area contributed by atoms with Gasteiger partial charge in [0.25, 0.3) is 0 Å². The van der Waals surface area contributed by atoms with Crippen molar-refractivity contribution in [3.8, 4) is 17.2 Å². The van der Waals surface area contributed by atoms with Crippen LogP contribution in [0, 0.1) is 20.8 Å². The van der Waals surface area contributed by atoms with Gasteiger partial charge in [0.15, 0.2) is 0 Å². The Labute approximate surface area is 194 Å². The molecule has 0 aliphatic heterocycles. The number of benzene rings is 3. The lowest BCUT2D eigenvalue weighted by molar-refractivity contribution is 0.474. The summed E-state index contributed by atoms with van der Waals surface area (Å²) < 4.78 is -1.72. The third-order valence-corrected chi connectivity index (χ3v) is 3.10. The topological polar surface area (TPSA) is 60.7 Å². The predicted octanol–water partition coefficient (Wildman–Crippen LogP) is 7.10. The highest BCUT2D eigenvalue weighted by molar-refractivity contribution is 9.14. The standard InChI is InChI=1S/3C7H8O.H3PS4/c3*1-6-2-4-7(8)5-3-6;2-1(3,4)5/h3*2-5,8H,1H3;(H3,2,3,4,5). The maximum Gasteiger partial charge on any atom is 0.115 e. The molecule has 0 saturated heterocycles. The predicted molar refractivity (Wildman–Crippen MR) is 140 cm³/mol. The van der Waals surface area contributed by atoms with E-state index in [4.69, 9.17) is 15.3 Å². The summed E-state index contributed by atoms with van der Waals surface area (Å²) >= 11 is 15.9. The van der Waals surface area contributed by atoms with Crippen LogP contribution in [0.15, 0.2) is 72.8 Å². The number of hydrogen-bond donors (Lipinski definition) is 6. The van der Waals surface area contributed by atoms with Crippen LogP contribution < -0.4 is 0 Å². The Morgan fingerprint density at radius 3 is 0.759 bits per heavy atom. The zero-order valence-electron chi connectivity index (χ0n) is 16.5. The van der Waals surface area contributed by atoms with Gasteiger partial charge in [0.1, 0.15) is 20.9 Å². The van der Waals surface area contributed by atoms with Gasteiger partial charge in [-0.2, -0.15) is 0 Å². The van der Waals surface area contributed by atoms with Crippen molar-refractivity contribution in [3.63, 3.8) is 0 Å². The van der Waals surface area contributed by atoms with Gasteiger partial charge in [-0.25, -0.2) is 0 Å². The molecule has 3 rings (SSSR count). The minimum absolute atomic E-state index is 0.329. The largest absolute Gasteiger partial charge is 0.508 e. The summed E-state index contributed by atoms with van der Waals surface area (Å²) in [6.07, 6.45) is 0. The summed E-state index contributed by atoms with van der Waals surface area (Å²) in [4.78, 5) is 0. The zero-order valence-corrected chi connectivity index (χ0v) is 20.9. The number of phenols is 3. The second kappa shape index (κ2) is 14.7. The highest BCUT2D eigenvalue weighted by Gasteiger charge is 1.87. The van der Waals surface area contributed by atoms with E-state index in [1.807, 2.05) is 57.2 Å². The lowest BCUT2D eigenvalue weighted by Gasteiger charge is -1.89. The van der Waals surface area contributed by atoms with Gasteiger partial charge in [-0.1, -0.05) is 64.9 Å². The molecule has 158 valence electrons. The van der Waals surface area contributed by atoms with E-state index in [1.54, 1.807) is 36.4 Å². The van der Waals surface area contributed by atoms with Crippen LogP contribution in [0.1, 0.15) is 16.7 Å². The SMILES string of the molecule is Cc1ccc(O)cc1.Cc1ccc(O)cc1.Cc1ccc(O)cc1.S=P(S)(S)S. The maximum absolute atomic E-state index is 8.76. The first-order valence-corrected chi connectivity index (χ1v) is 14.7. The van der Waals surface area contributed by atoms with Gasteiger partial charge >= 0.3 is 0 Å². The normalized spacial score (nSPS) is 9.59. The molecule has 0 amide bonds. The average molecular weight is 487 g/mol. The third-order valence-electron chi connectivity index (χ3n) is 3.10. The van der Waals surface area contributed by atoms with Gasteiger partial charge in [0.05, 0.1) is 0 Å². The van der Waals surface area contributed by atoms with Crippen LogP contribution in [-0.4, -0.2) is 15.3 Å². The molecule has 0 aliphatic carbocycles. The Hall–Kier alpha value is -1.24. The van der Waals surface area contributed by atoms with Gasteiger partial charge in [-0.15, -0.1) is 36.7 Å². The first-order valence-electron chi connectivity index (χ1n) is 8.42. The molecule has 0 saturated carbocycles. The highest BCUT2D eigenvalue weighted by atomic mass is 33.5. The summed E-state index contributed by atoms with van der Waals surface area (Å²) in [6, 6.07) is 21.3. The number of hydrogen-bond acceptors (Lipinski definition) is 4. The minimum atomic E-state index is -1.72. The first-order chi connectivity index (χ1) is 13.4. The van der Waals surface area contributed by atoms with Crippen molar-refractivity contribution in [2.24, 2.45) is 0 Å². The van der Waals surface area contributed by atoms with Crippen molar-refractivity contribution in [1.29, 1.82) is 0 Å². The van der Waals surface area contributed by atoms with Crippen molar-refractivity contribution >= 4 is 52.2 Å². The Bertz CT molecular complexity index is 687. The van der Waals surface area contributed by atoms with Crippen molar-refractivity contribution in [2.45, 2.75) is 20.8 Å². The Morgan fingerprint density at radius 1 is 0.517 bits per heavy atom. The monoisotopic (exact) mass is 486 g/mol. The molecule has 3 N–H and O–H groups in total. The highest BCUT2D eigenvalue weighted by Crippen LogP contribution is 2.60. The van der Waals surface area contributed by atoms with Crippen LogP contribution in [0.5, 0.6) is 17.2 Å². The number of aromatic hydroxyl groups is 3. The molecular formula is C21H27O3PS4. The average Bonchev–Trinajstić information content (AvgIpc) is 2.62. The van der Waals surface area contributed by atoms with Crippen LogP contribution in [0.3, 0.4) is 0 Å². The Morgan fingerprint density at radius 2 is 0.655 bits per heavy atom. The Balaban J connectivity index is 0.000000367. The number of thiol groups is 3. The molecular weight excluding hydrogens is 459 g/mol. The molecule has 29 heavy (non-hydrogen) atoms. The molecule has 3 aromatic carbocycles. The quantitative estimate of drug-likeness (QED) is 0.152. The van der Waals surface area contributed by atoms with E-state index in [2.05, 4.69) is 48.6 Å². The van der Waals surface area contributed by atoms with E-state index < -0.39 is 3.64 Å². The molecule has 0 spiro atoms. The zero-order chi connectivity index (χ0) is 22.4. The van der Waals surface area contributed by atoms with E-state index >= 15 is 0 Å². The molecule has 0 aliphatic rings. The maximum atomic E-state index is 8.76. The molecule has 0 fully saturated rings. The smallest absolute Gasteiger partial charge is 0.115 e. The number of rotatable bonds is 0. The van der Waals surface area contributed by atoms with Gasteiger partial charge in [0, 0.05) is 0 Å². The van der Waals surface area contributed by atoms with Gasteiger partial charge in [-0.05, 0) is 57.2 Å². The van der Waals surface area contributed by atoms with Gasteiger partial charge < -0.3 is 15.3 Å². The molecule has 8 heteroatoms. The van der Waals surface area contributed by atoms with E-state index in [1.165, 1.54) is 16.7 Å². The van der Waals surface area contributed by atoms with Gasteiger partial charge in [0.2, 0.25) is 0 Å². The molecule has 0 aromatic heterocycles. The van der Waals surface area contributed by atoms with E-state index in [0.717, 1.165) is 0 Å². The molecule has 0 bridgehead atoms. The Kier molecular flexibility index (Phi) is 14.1.